The second-order valence-corrected chi connectivity index (χ2v) is 12.6. The molecule has 2 heteroatoms. The fourth-order valence-electron chi connectivity index (χ4n) is 7.67. The van der Waals surface area contributed by atoms with Gasteiger partial charge in [-0.25, -0.2) is 0 Å². The average Bonchev–Trinajstić information content (AvgIpc) is 3.68. The predicted octanol–water partition coefficient (Wildman–Crippen LogP) is 12.4. The highest BCUT2D eigenvalue weighted by molar-refractivity contribution is 6.26. The topological polar surface area (TPSA) is 9.86 Å². The smallest absolute Gasteiger partial charge is 0.0641 e. The van der Waals surface area contributed by atoms with E-state index in [0.717, 1.165) is 5.69 Å². The largest absolute Gasteiger partial charge is 0.309 e. The van der Waals surface area contributed by atoms with Crippen LogP contribution in [0.2, 0.25) is 0 Å². The van der Waals surface area contributed by atoms with Crippen LogP contribution in [0.25, 0.3) is 88.0 Å². The van der Waals surface area contributed by atoms with Crippen molar-refractivity contribution in [1.82, 2.24) is 9.13 Å². The molecular formula is C46H30N2. The number of hydrogen-bond acceptors (Lipinski definition) is 0. The maximum absolute atomic E-state index is 2.44. The van der Waals surface area contributed by atoms with E-state index in [4.69, 9.17) is 0 Å². The van der Waals surface area contributed by atoms with E-state index in [9.17, 15) is 0 Å². The number of para-hydroxylation sites is 3. The van der Waals surface area contributed by atoms with Gasteiger partial charge in [-0.2, -0.15) is 0 Å². The average molecular weight is 611 g/mol. The summed E-state index contributed by atoms with van der Waals surface area (Å²) in [6.45, 7) is 0. The van der Waals surface area contributed by atoms with E-state index in [-0.39, 0.29) is 0 Å². The molecule has 0 aliphatic carbocycles. The summed E-state index contributed by atoms with van der Waals surface area (Å²) in [4.78, 5) is 0. The van der Waals surface area contributed by atoms with Crippen molar-refractivity contribution in [3.05, 3.63) is 182 Å². The number of rotatable bonds is 4. The summed E-state index contributed by atoms with van der Waals surface area (Å²) in [5.41, 5.74) is 12.1. The molecule has 10 rings (SSSR count). The van der Waals surface area contributed by atoms with Crippen molar-refractivity contribution in [1.29, 1.82) is 0 Å². The molecule has 0 spiro atoms. The number of nitrogens with zero attached hydrogens (tertiary/aromatic N) is 2. The molecule has 2 nitrogen and oxygen atoms in total. The van der Waals surface area contributed by atoms with Crippen molar-refractivity contribution in [3.63, 3.8) is 0 Å². The van der Waals surface area contributed by atoms with Crippen LogP contribution in [0, 0.1) is 0 Å². The number of hydrogen-bond donors (Lipinski definition) is 0. The monoisotopic (exact) mass is 610 g/mol. The molecule has 0 amide bonds. The van der Waals surface area contributed by atoms with Gasteiger partial charge in [-0.3, -0.25) is 0 Å². The standard InChI is InChI=1S/C46H30N2/c1-3-11-31(12-4-1)33-19-21-36-30-34(20-22-35(36)29-33)32-23-25-38(26-24-32)47-43-18-10-8-16-41(43)45-44(47)28-27-40-39-15-7-9-17-42(39)48(46(40)45)37-13-5-2-6-14-37/h1-30H. The van der Waals surface area contributed by atoms with Gasteiger partial charge in [-0.05, 0) is 87.6 Å². The van der Waals surface area contributed by atoms with Gasteiger partial charge < -0.3 is 9.13 Å². The van der Waals surface area contributed by atoms with Crippen molar-refractivity contribution in [2.24, 2.45) is 0 Å². The molecule has 8 aromatic carbocycles. The van der Waals surface area contributed by atoms with E-state index in [1.54, 1.807) is 0 Å². The van der Waals surface area contributed by atoms with Crippen LogP contribution >= 0.6 is 0 Å². The van der Waals surface area contributed by atoms with Crippen molar-refractivity contribution in [3.8, 4) is 33.6 Å². The Bertz CT molecular complexity index is 2800. The molecule has 0 atom stereocenters. The number of fused-ring (bicyclic) bond motifs is 8. The van der Waals surface area contributed by atoms with Gasteiger partial charge in [0, 0.05) is 32.9 Å². The summed E-state index contributed by atoms with van der Waals surface area (Å²) in [7, 11) is 0. The van der Waals surface area contributed by atoms with Gasteiger partial charge >= 0.3 is 0 Å². The van der Waals surface area contributed by atoms with Crippen LogP contribution in [0.3, 0.4) is 0 Å². The Labute approximate surface area is 278 Å². The SMILES string of the molecule is c1ccc(-c2ccc3cc(-c4ccc(-n5c6ccccc6c6c5ccc5c7ccccc7n(-c7ccccc7)c56)cc4)ccc3c2)cc1. The summed E-state index contributed by atoms with van der Waals surface area (Å²) < 4.78 is 4.86. The highest BCUT2D eigenvalue weighted by Gasteiger charge is 2.20. The molecule has 0 saturated carbocycles. The molecule has 0 fully saturated rings. The molecule has 0 saturated heterocycles. The molecule has 0 unspecified atom stereocenters. The molecule has 0 bridgehead atoms. The lowest BCUT2D eigenvalue weighted by Crippen LogP contribution is -1.95. The molecular weight excluding hydrogens is 581 g/mol. The lowest BCUT2D eigenvalue weighted by atomic mass is 9.97. The van der Waals surface area contributed by atoms with Crippen LogP contribution in [-0.4, -0.2) is 9.13 Å². The van der Waals surface area contributed by atoms with E-state index in [1.165, 1.54) is 82.3 Å². The number of aromatic nitrogens is 2. The molecule has 0 aliphatic rings. The van der Waals surface area contributed by atoms with Crippen LogP contribution in [0.4, 0.5) is 0 Å². The normalized spacial score (nSPS) is 11.8. The third-order valence-corrected chi connectivity index (χ3v) is 9.89. The second-order valence-electron chi connectivity index (χ2n) is 12.6. The molecule has 48 heavy (non-hydrogen) atoms. The molecule has 0 aliphatic heterocycles. The zero-order valence-electron chi connectivity index (χ0n) is 26.2. The lowest BCUT2D eigenvalue weighted by Gasteiger charge is -2.11. The van der Waals surface area contributed by atoms with Crippen molar-refractivity contribution in [2.45, 2.75) is 0 Å². The van der Waals surface area contributed by atoms with Gasteiger partial charge in [-0.15, -0.1) is 0 Å². The van der Waals surface area contributed by atoms with E-state index < -0.39 is 0 Å². The van der Waals surface area contributed by atoms with Crippen LogP contribution in [0.15, 0.2) is 182 Å². The fraction of sp³-hybridized carbons (Fsp3) is 0. The number of benzene rings is 8. The Morgan fingerprint density at radius 3 is 1.50 bits per heavy atom. The first kappa shape index (κ1) is 26.8. The van der Waals surface area contributed by atoms with Crippen LogP contribution in [0.1, 0.15) is 0 Å². The minimum atomic E-state index is 1.15. The molecule has 10 aromatic rings. The fourth-order valence-corrected chi connectivity index (χ4v) is 7.67. The first-order valence-corrected chi connectivity index (χ1v) is 16.5. The summed E-state index contributed by atoms with van der Waals surface area (Å²) in [6.07, 6.45) is 0. The minimum Gasteiger partial charge on any atom is -0.309 e. The molecule has 0 radical (unpaired) electrons. The Morgan fingerprint density at radius 1 is 0.292 bits per heavy atom. The highest BCUT2D eigenvalue weighted by Crippen LogP contribution is 2.42. The third kappa shape index (κ3) is 4.06. The summed E-state index contributed by atoms with van der Waals surface area (Å²) >= 11 is 0. The van der Waals surface area contributed by atoms with Crippen LogP contribution in [0.5, 0.6) is 0 Å². The summed E-state index contributed by atoms with van der Waals surface area (Å²) in [5.74, 6) is 0. The summed E-state index contributed by atoms with van der Waals surface area (Å²) in [5, 5.41) is 7.57. The minimum absolute atomic E-state index is 1.15. The maximum Gasteiger partial charge on any atom is 0.0641 e. The van der Waals surface area contributed by atoms with E-state index >= 15 is 0 Å². The van der Waals surface area contributed by atoms with E-state index in [1.807, 2.05) is 0 Å². The molecule has 2 aromatic heterocycles. The first-order chi connectivity index (χ1) is 23.8. The predicted molar refractivity (Wildman–Crippen MR) is 203 cm³/mol. The zero-order chi connectivity index (χ0) is 31.6. The van der Waals surface area contributed by atoms with Gasteiger partial charge in [0.1, 0.15) is 0 Å². The van der Waals surface area contributed by atoms with Crippen molar-refractivity contribution >= 4 is 54.4 Å². The Balaban J connectivity index is 1.13. The lowest BCUT2D eigenvalue weighted by molar-refractivity contribution is 1.17. The highest BCUT2D eigenvalue weighted by atomic mass is 15.0. The Hall–Kier alpha value is -6.38. The molecule has 224 valence electrons. The second kappa shape index (κ2) is 10.6. The van der Waals surface area contributed by atoms with Gasteiger partial charge in [-0.1, -0.05) is 127 Å². The van der Waals surface area contributed by atoms with Crippen molar-refractivity contribution in [2.75, 3.05) is 0 Å². The zero-order valence-corrected chi connectivity index (χ0v) is 26.2. The maximum atomic E-state index is 2.44. The molecule has 0 N–H and O–H groups in total. The first-order valence-electron chi connectivity index (χ1n) is 16.5. The van der Waals surface area contributed by atoms with E-state index in [0.29, 0.717) is 0 Å². The molecule has 2 heterocycles. The van der Waals surface area contributed by atoms with Crippen LogP contribution in [-0.2, 0) is 0 Å². The Kier molecular flexibility index (Phi) is 5.91. The van der Waals surface area contributed by atoms with Gasteiger partial charge in [0.2, 0.25) is 0 Å². The summed E-state index contributed by atoms with van der Waals surface area (Å²) in [6, 6.07) is 66.1. The van der Waals surface area contributed by atoms with Crippen molar-refractivity contribution < 1.29 is 0 Å². The van der Waals surface area contributed by atoms with E-state index in [2.05, 4.69) is 191 Å². The van der Waals surface area contributed by atoms with Gasteiger partial charge in [0.15, 0.2) is 0 Å². The van der Waals surface area contributed by atoms with Crippen LogP contribution < -0.4 is 0 Å². The Morgan fingerprint density at radius 2 is 0.812 bits per heavy atom. The third-order valence-electron chi connectivity index (χ3n) is 9.89. The quantitative estimate of drug-likeness (QED) is 0.188. The van der Waals surface area contributed by atoms with Gasteiger partial charge in [0.25, 0.3) is 0 Å². The van der Waals surface area contributed by atoms with Gasteiger partial charge in [0.05, 0.1) is 22.1 Å².